The molecule has 0 amide bonds. The third-order valence-corrected chi connectivity index (χ3v) is 3.96. The van der Waals surface area contributed by atoms with Crippen molar-refractivity contribution in [3.8, 4) is 5.75 Å². The van der Waals surface area contributed by atoms with Crippen molar-refractivity contribution >= 4 is 22.6 Å². The van der Waals surface area contributed by atoms with Crippen LogP contribution >= 0.6 is 11.6 Å². The van der Waals surface area contributed by atoms with Crippen molar-refractivity contribution in [1.29, 1.82) is 0 Å². The van der Waals surface area contributed by atoms with Crippen molar-refractivity contribution in [2.24, 2.45) is 0 Å². The highest BCUT2D eigenvalue weighted by Crippen LogP contribution is 2.30. The van der Waals surface area contributed by atoms with Gasteiger partial charge < -0.3 is 15.0 Å². The molecule has 0 bridgehead atoms. The number of methoxy groups -OCH3 is 1. The van der Waals surface area contributed by atoms with Crippen molar-refractivity contribution in [2.75, 3.05) is 20.2 Å². The van der Waals surface area contributed by atoms with Gasteiger partial charge in [0.25, 0.3) is 0 Å². The Balaban J connectivity index is 2.17. The molecule has 0 radical (unpaired) electrons. The van der Waals surface area contributed by atoms with Crippen LogP contribution in [0.4, 0.5) is 0 Å². The summed E-state index contributed by atoms with van der Waals surface area (Å²) in [6.07, 6.45) is 1.91. The average Bonchev–Trinajstić information content (AvgIpc) is 2.73. The molecule has 1 aliphatic rings. The molecule has 0 atom stereocenters. The third-order valence-electron chi connectivity index (χ3n) is 3.66. The fraction of sp³-hybridized carbons (Fsp3) is 0.462. The summed E-state index contributed by atoms with van der Waals surface area (Å²) in [6, 6.07) is 3.81. The van der Waals surface area contributed by atoms with Gasteiger partial charge in [-0.05, 0) is 32.0 Å². The van der Waals surface area contributed by atoms with E-state index in [1.54, 1.807) is 13.2 Å². The molecule has 1 fully saturated rings. The zero-order valence-electron chi connectivity index (χ0n) is 10.7. The number of H-pyrrole nitrogens is 1. The average molecular weight is 282 g/mol. The van der Waals surface area contributed by atoms with Crippen molar-refractivity contribution < 1.29 is 4.74 Å². The van der Waals surface area contributed by atoms with E-state index < -0.39 is 0 Å². The standard InChI is InChI=1S/C13H16ClN3O2/c1-19-12-7-11-10(6-9(12)14)16-13(18)17(11)8-2-4-15-5-3-8/h6-8,15H,2-5H2,1H3,(H,16,18). The van der Waals surface area contributed by atoms with E-state index in [4.69, 9.17) is 16.3 Å². The Morgan fingerprint density at radius 2 is 2.11 bits per heavy atom. The number of fused-ring (bicyclic) bond motifs is 1. The van der Waals surface area contributed by atoms with Crippen molar-refractivity contribution in [1.82, 2.24) is 14.9 Å². The highest BCUT2D eigenvalue weighted by molar-refractivity contribution is 6.32. The SMILES string of the molecule is COc1cc2c(cc1Cl)[nH]c(=O)n2C1CCNCC1. The van der Waals surface area contributed by atoms with Crippen molar-refractivity contribution in [3.05, 3.63) is 27.6 Å². The molecule has 1 saturated heterocycles. The number of nitrogens with one attached hydrogen (secondary N) is 2. The summed E-state index contributed by atoms with van der Waals surface area (Å²) in [5, 5.41) is 3.81. The first-order valence-electron chi connectivity index (χ1n) is 6.39. The summed E-state index contributed by atoms with van der Waals surface area (Å²) in [4.78, 5) is 15.0. The Hall–Kier alpha value is -1.46. The second-order valence-corrected chi connectivity index (χ2v) is 5.19. The molecule has 0 spiro atoms. The maximum Gasteiger partial charge on any atom is 0.326 e. The largest absolute Gasteiger partial charge is 0.495 e. The molecule has 1 aromatic carbocycles. The molecule has 19 heavy (non-hydrogen) atoms. The number of nitrogens with zero attached hydrogens (tertiary/aromatic N) is 1. The van der Waals surface area contributed by atoms with Gasteiger partial charge in [-0.25, -0.2) is 4.79 Å². The van der Waals surface area contributed by atoms with Gasteiger partial charge in [0, 0.05) is 12.1 Å². The monoisotopic (exact) mass is 281 g/mol. The first-order valence-corrected chi connectivity index (χ1v) is 6.77. The number of halogens is 1. The molecular weight excluding hydrogens is 266 g/mol. The van der Waals surface area contributed by atoms with Gasteiger partial charge in [-0.15, -0.1) is 0 Å². The molecule has 2 heterocycles. The van der Waals surface area contributed by atoms with Gasteiger partial charge in [0.15, 0.2) is 0 Å². The Morgan fingerprint density at radius 1 is 1.37 bits per heavy atom. The lowest BCUT2D eigenvalue weighted by Crippen LogP contribution is -2.33. The molecular formula is C13H16ClN3O2. The highest BCUT2D eigenvalue weighted by atomic mass is 35.5. The lowest BCUT2D eigenvalue weighted by atomic mass is 10.1. The van der Waals surface area contributed by atoms with E-state index in [1.165, 1.54) is 0 Å². The smallest absolute Gasteiger partial charge is 0.326 e. The summed E-state index contributed by atoms with van der Waals surface area (Å²) in [5.74, 6) is 0.593. The summed E-state index contributed by atoms with van der Waals surface area (Å²) >= 11 is 6.08. The molecule has 1 aromatic heterocycles. The van der Waals surface area contributed by atoms with Crippen molar-refractivity contribution in [2.45, 2.75) is 18.9 Å². The first-order chi connectivity index (χ1) is 9.20. The molecule has 0 saturated carbocycles. The topological polar surface area (TPSA) is 59.1 Å². The van der Waals surface area contributed by atoms with Gasteiger partial charge in [-0.1, -0.05) is 11.6 Å². The molecule has 5 nitrogen and oxygen atoms in total. The van der Waals surface area contributed by atoms with E-state index in [0.717, 1.165) is 37.0 Å². The van der Waals surface area contributed by atoms with Crippen LogP contribution in [-0.2, 0) is 0 Å². The number of piperidine rings is 1. The van der Waals surface area contributed by atoms with Gasteiger partial charge in [-0.3, -0.25) is 4.57 Å². The summed E-state index contributed by atoms with van der Waals surface area (Å²) in [5.41, 5.74) is 1.54. The maximum absolute atomic E-state index is 12.2. The van der Waals surface area contributed by atoms with E-state index in [0.29, 0.717) is 10.8 Å². The van der Waals surface area contributed by atoms with Crippen LogP contribution in [0, 0.1) is 0 Å². The Labute approximate surface area is 115 Å². The third kappa shape index (κ3) is 2.13. The molecule has 6 heteroatoms. The first kappa shape index (κ1) is 12.6. The summed E-state index contributed by atoms with van der Waals surface area (Å²) in [6.45, 7) is 1.88. The quantitative estimate of drug-likeness (QED) is 0.884. The van der Waals surface area contributed by atoms with Gasteiger partial charge in [0.2, 0.25) is 0 Å². The maximum atomic E-state index is 12.2. The lowest BCUT2D eigenvalue weighted by molar-refractivity contribution is 0.368. The van der Waals surface area contributed by atoms with Crippen LogP contribution in [0.1, 0.15) is 18.9 Å². The number of hydrogen-bond donors (Lipinski definition) is 2. The molecule has 0 aliphatic carbocycles. The van der Waals surface area contributed by atoms with Crippen LogP contribution in [0.2, 0.25) is 5.02 Å². The summed E-state index contributed by atoms with van der Waals surface area (Å²) < 4.78 is 7.06. The van der Waals surface area contributed by atoms with E-state index in [-0.39, 0.29) is 11.7 Å². The van der Waals surface area contributed by atoms with Gasteiger partial charge >= 0.3 is 5.69 Å². The molecule has 2 aromatic rings. The van der Waals surface area contributed by atoms with Crippen LogP contribution in [0.5, 0.6) is 5.75 Å². The molecule has 102 valence electrons. The second-order valence-electron chi connectivity index (χ2n) is 4.79. The zero-order chi connectivity index (χ0) is 13.4. The van der Waals surface area contributed by atoms with E-state index in [2.05, 4.69) is 10.3 Å². The van der Waals surface area contributed by atoms with Gasteiger partial charge in [-0.2, -0.15) is 0 Å². The number of hydrogen-bond acceptors (Lipinski definition) is 3. The number of benzene rings is 1. The predicted octanol–water partition coefficient (Wildman–Crippen LogP) is 1.92. The minimum Gasteiger partial charge on any atom is -0.495 e. The minimum absolute atomic E-state index is 0.0776. The number of ether oxygens (including phenoxy) is 1. The van der Waals surface area contributed by atoms with Gasteiger partial charge in [0.05, 0.1) is 23.2 Å². The van der Waals surface area contributed by atoms with Crippen LogP contribution < -0.4 is 15.7 Å². The van der Waals surface area contributed by atoms with E-state index >= 15 is 0 Å². The minimum atomic E-state index is -0.0776. The van der Waals surface area contributed by atoms with Crippen LogP contribution in [0.15, 0.2) is 16.9 Å². The second kappa shape index (κ2) is 4.90. The van der Waals surface area contributed by atoms with E-state index in [1.807, 2.05) is 10.6 Å². The zero-order valence-corrected chi connectivity index (χ0v) is 11.5. The number of aromatic amines is 1. The summed E-state index contributed by atoms with van der Waals surface area (Å²) in [7, 11) is 1.58. The number of aromatic nitrogens is 2. The number of rotatable bonds is 2. The van der Waals surface area contributed by atoms with Crippen LogP contribution in [-0.4, -0.2) is 29.8 Å². The predicted molar refractivity (Wildman–Crippen MR) is 75.3 cm³/mol. The Morgan fingerprint density at radius 3 is 2.79 bits per heavy atom. The highest BCUT2D eigenvalue weighted by Gasteiger charge is 2.20. The fourth-order valence-corrected chi connectivity index (χ4v) is 2.95. The molecule has 2 N–H and O–H groups in total. The Bertz CT molecular complexity index is 656. The fourth-order valence-electron chi connectivity index (χ4n) is 2.71. The van der Waals surface area contributed by atoms with E-state index in [9.17, 15) is 4.79 Å². The molecule has 3 rings (SSSR count). The van der Waals surface area contributed by atoms with Crippen LogP contribution in [0.3, 0.4) is 0 Å². The lowest BCUT2D eigenvalue weighted by Gasteiger charge is -2.23. The Kier molecular flexibility index (Phi) is 3.24. The van der Waals surface area contributed by atoms with Gasteiger partial charge in [0.1, 0.15) is 5.75 Å². The molecule has 0 unspecified atom stereocenters. The number of imidazole rings is 1. The van der Waals surface area contributed by atoms with Crippen molar-refractivity contribution in [3.63, 3.8) is 0 Å². The van der Waals surface area contributed by atoms with Crippen LogP contribution in [0.25, 0.3) is 11.0 Å². The normalized spacial score (nSPS) is 16.9. The molecule has 1 aliphatic heterocycles.